The van der Waals surface area contributed by atoms with E-state index >= 15 is 0 Å². The summed E-state index contributed by atoms with van der Waals surface area (Å²) in [5, 5.41) is 10.7. The van der Waals surface area contributed by atoms with Gasteiger partial charge in [-0.15, -0.1) is 0 Å². The third kappa shape index (κ3) is 7.65. The van der Waals surface area contributed by atoms with Crippen molar-refractivity contribution in [1.29, 1.82) is 0 Å². The molecule has 0 spiro atoms. The van der Waals surface area contributed by atoms with E-state index in [2.05, 4.69) is 112 Å². The van der Waals surface area contributed by atoms with Crippen LogP contribution in [0, 0.1) is 0 Å². The summed E-state index contributed by atoms with van der Waals surface area (Å²) in [5.74, 6) is 0.919. The minimum absolute atomic E-state index is 0.0558. The van der Waals surface area contributed by atoms with Gasteiger partial charge in [0.25, 0.3) is 0 Å². The van der Waals surface area contributed by atoms with Gasteiger partial charge in [-0.3, -0.25) is 0 Å². The van der Waals surface area contributed by atoms with Crippen molar-refractivity contribution >= 4 is 121 Å². The first-order chi connectivity index (χ1) is 14.5. The molecule has 2 aromatic rings. The first-order valence-corrected chi connectivity index (χ1v) is 16.3. The zero-order chi connectivity index (χ0) is 23.3. The van der Waals surface area contributed by atoms with Crippen molar-refractivity contribution in [3.05, 3.63) is 42.2 Å². The van der Waals surface area contributed by atoms with Crippen molar-refractivity contribution in [3.8, 4) is 11.5 Å². The van der Waals surface area contributed by atoms with Gasteiger partial charge in [0, 0.05) is 10.7 Å². The number of aliphatic hydroxyl groups is 1. The fraction of sp³-hybridized carbons (Fsp3) is 0.333. The van der Waals surface area contributed by atoms with Gasteiger partial charge in [-0.2, -0.15) is 0 Å². The van der Waals surface area contributed by atoms with Crippen LogP contribution in [-0.2, 0) is 9.84 Å². The van der Waals surface area contributed by atoms with Crippen LogP contribution in [0.2, 0.25) is 0 Å². The highest BCUT2D eigenvalue weighted by atomic mass is 79.9. The van der Waals surface area contributed by atoms with E-state index in [0.29, 0.717) is 46.7 Å². The van der Waals surface area contributed by atoms with E-state index in [4.69, 9.17) is 9.47 Å². The molecule has 2 rings (SSSR count). The second-order valence-corrected chi connectivity index (χ2v) is 14.1. The largest absolute Gasteiger partial charge is 0.490 e. The number of ether oxygens (including phenoxy) is 2. The van der Waals surface area contributed by atoms with Crippen molar-refractivity contribution < 1.29 is 23.0 Å². The van der Waals surface area contributed by atoms with Crippen LogP contribution in [0.25, 0.3) is 0 Å². The molecule has 0 radical (unpaired) electrons. The Kier molecular flexibility index (Phi) is 11.8. The Morgan fingerprint density at radius 2 is 1.16 bits per heavy atom. The molecule has 0 aromatic heterocycles. The molecule has 2 aromatic carbocycles. The third-order valence-corrected chi connectivity index (χ3v) is 10.8. The number of hydrogen-bond acceptors (Lipinski definition) is 5. The summed E-state index contributed by atoms with van der Waals surface area (Å²) in [5.41, 5.74) is 0. The normalized spacial score (nSPS) is 13.7. The van der Waals surface area contributed by atoms with Crippen LogP contribution in [0.3, 0.4) is 0 Å². The Balaban J connectivity index is 2.37. The molecule has 5 nitrogen and oxygen atoms in total. The Hall–Kier alpha value is 1.31. The van der Waals surface area contributed by atoms with E-state index in [1.807, 2.05) is 0 Å². The van der Waals surface area contributed by atoms with E-state index < -0.39 is 15.9 Å². The Labute approximate surface area is 239 Å². The van der Waals surface area contributed by atoms with Crippen molar-refractivity contribution in [1.82, 2.24) is 0 Å². The number of halogens is 7. The number of alkyl halides is 3. The summed E-state index contributed by atoms with van der Waals surface area (Å²) in [6.45, 7) is 0.458. The Bertz CT molecular complexity index is 910. The van der Waals surface area contributed by atoms with E-state index in [0.717, 1.165) is 0 Å². The maximum Gasteiger partial charge on any atom is 0.206 e. The highest BCUT2D eigenvalue weighted by Crippen LogP contribution is 2.41. The summed E-state index contributed by atoms with van der Waals surface area (Å²) < 4.78 is 39.8. The molecule has 31 heavy (non-hydrogen) atoms. The zero-order valence-electron chi connectivity index (χ0n) is 15.4. The fourth-order valence-corrected chi connectivity index (χ4v) is 7.54. The van der Waals surface area contributed by atoms with E-state index in [1.54, 1.807) is 0 Å². The first kappa shape index (κ1) is 28.5. The predicted molar refractivity (Wildman–Crippen MR) is 146 cm³/mol. The number of sulfone groups is 1. The standard InChI is InChI=1S/C18H15Br7O5S/c19-5-9(21)7-29-17-13(22)1-11(2-14(17)23)31(27,28)12-3-15(24)18(16(25)4-12)30-8-10(26)6-20/h1-4,9-10,26H,5-8H2. The molecule has 1 N–H and O–H groups in total. The van der Waals surface area contributed by atoms with Gasteiger partial charge in [-0.1, -0.05) is 47.8 Å². The average Bonchev–Trinajstić information content (AvgIpc) is 2.71. The predicted octanol–water partition coefficient (Wildman–Crippen LogP) is 7.24. The van der Waals surface area contributed by atoms with Gasteiger partial charge in [0.1, 0.15) is 24.7 Å². The Morgan fingerprint density at radius 1 is 0.774 bits per heavy atom. The average molecular weight is 903 g/mol. The second kappa shape index (κ2) is 12.9. The Morgan fingerprint density at radius 3 is 1.52 bits per heavy atom. The molecule has 0 aliphatic heterocycles. The van der Waals surface area contributed by atoms with Crippen molar-refractivity contribution in [2.24, 2.45) is 0 Å². The summed E-state index contributed by atoms with van der Waals surface area (Å²) in [7, 11) is -3.84. The van der Waals surface area contributed by atoms with Gasteiger partial charge in [0.05, 0.1) is 38.6 Å². The molecule has 0 amide bonds. The van der Waals surface area contributed by atoms with Gasteiger partial charge < -0.3 is 14.6 Å². The van der Waals surface area contributed by atoms with Gasteiger partial charge in [0.15, 0.2) is 0 Å². The lowest BCUT2D eigenvalue weighted by Gasteiger charge is -2.16. The monoisotopic (exact) mass is 895 g/mol. The maximum absolute atomic E-state index is 13.3. The third-order valence-electron chi connectivity index (χ3n) is 3.74. The van der Waals surface area contributed by atoms with Crippen LogP contribution in [0.4, 0.5) is 0 Å². The molecule has 0 aliphatic rings. The maximum atomic E-state index is 13.3. The molecule has 0 saturated heterocycles. The summed E-state index contributed by atoms with van der Waals surface area (Å²) >= 11 is 23.5. The second-order valence-electron chi connectivity index (χ2n) is 6.12. The van der Waals surface area contributed by atoms with Crippen LogP contribution in [0.15, 0.2) is 51.9 Å². The lowest BCUT2D eigenvalue weighted by Crippen LogP contribution is -2.19. The molecule has 2 atom stereocenters. The lowest BCUT2D eigenvalue weighted by atomic mass is 10.3. The van der Waals surface area contributed by atoms with Gasteiger partial charge in [-0.25, -0.2) is 8.42 Å². The lowest BCUT2D eigenvalue weighted by molar-refractivity contribution is 0.126. The number of hydrogen-bond donors (Lipinski definition) is 1. The SMILES string of the molecule is O=S(=O)(c1cc(Br)c(OCC(O)CBr)c(Br)c1)c1cc(Br)c(OCC(Br)CBr)c(Br)c1. The highest BCUT2D eigenvalue weighted by Gasteiger charge is 2.24. The molecule has 2 unspecified atom stereocenters. The van der Waals surface area contributed by atoms with Crippen LogP contribution < -0.4 is 9.47 Å². The number of benzene rings is 2. The topological polar surface area (TPSA) is 72.8 Å². The first-order valence-electron chi connectivity index (χ1n) is 8.44. The van der Waals surface area contributed by atoms with Gasteiger partial charge >= 0.3 is 0 Å². The molecule has 0 saturated carbocycles. The van der Waals surface area contributed by atoms with Crippen molar-refractivity contribution in [2.75, 3.05) is 23.9 Å². The van der Waals surface area contributed by atoms with Gasteiger partial charge in [-0.05, 0) is 88.0 Å². The van der Waals surface area contributed by atoms with Gasteiger partial charge in [0.2, 0.25) is 9.84 Å². The minimum atomic E-state index is -3.84. The molecule has 172 valence electrons. The van der Waals surface area contributed by atoms with E-state index in [9.17, 15) is 13.5 Å². The van der Waals surface area contributed by atoms with Crippen LogP contribution in [0.1, 0.15) is 0 Å². The summed E-state index contributed by atoms with van der Waals surface area (Å²) in [6.07, 6.45) is -0.688. The number of aliphatic hydroxyl groups excluding tert-OH is 1. The molecular weight excluding hydrogens is 888 g/mol. The van der Waals surface area contributed by atoms with Crippen LogP contribution in [0.5, 0.6) is 11.5 Å². The molecule has 0 fully saturated rings. The summed E-state index contributed by atoms with van der Waals surface area (Å²) in [4.78, 5) is 0.282. The van der Waals surface area contributed by atoms with Crippen molar-refractivity contribution in [2.45, 2.75) is 20.7 Å². The smallest absolute Gasteiger partial charge is 0.206 e. The van der Waals surface area contributed by atoms with Crippen LogP contribution >= 0.6 is 112 Å². The molecule has 13 heteroatoms. The number of rotatable bonds is 10. The molecular formula is C18H15Br7O5S. The van der Waals surface area contributed by atoms with Crippen LogP contribution in [-0.4, -0.2) is 48.3 Å². The molecule has 0 aliphatic carbocycles. The molecule has 0 heterocycles. The minimum Gasteiger partial charge on any atom is -0.490 e. The quantitative estimate of drug-likeness (QED) is 0.255. The van der Waals surface area contributed by atoms with E-state index in [-0.39, 0.29) is 21.2 Å². The molecule has 0 bridgehead atoms. The highest BCUT2D eigenvalue weighted by molar-refractivity contribution is 9.12. The van der Waals surface area contributed by atoms with E-state index in [1.165, 1.54) is 24.3 Å². The zero-order valence-corrected chi connectivity index (χ0v) is 27.3. The van der Waals surface area contributed by atoms with Crippen molar-refractivity contribution in [3.63, 3.8) is 0 Å². The fourth-order valence-electron chi connectivity index (χ4n) is 2.24. The summed E-state index contributed by atoms with van der Waals surface area (Å²) in [6, 6.07) is 5.94.